The molecule has 0 bridgehead atoms. The van der Waals surface area contributed by atoms with E-state index in [2.05, 4.69) is 31.3 Å². The molecule has 16 nitrogen and oxygen atoms in total. The molecule has 40 heavy (non-hydrogen) atoms. The van der Waals surface area contributed by atoms with Crippen molar-refractivity contribution < 1.29 is 39.5 Å². The van der Waals surface area contributed by atoms with Gasteiger partial charge in [-0.1, -0.05) is 24.3 Å². The number of aliphatic hydroxyl groups is 4. The van der Waals surface area contributed by atoms with Gasteiger partial charge in [-0.15, -0.1) is 10.2 Å². The molecule has 0 aromatic carbocycles. The summed E-state index contributed by atoms with van der Waals surface area (Å²) in [5.74, 6) is -0.810. The Bertz CT molecular complexity index is 1130. The molecule has 1 aliphatic heterocycles. The maximum absolute atomic E-state index is 12.3. The molecule has 1 aliphatic carbocycles. The second-order valence-electron chi connectivity index (χ2n) is 10.0. The van der Waals surface area contributed by atoms with Gasteiger partial charge in [-0.05, 0) is 32.1 Å². The summed E-state index contributed by atoms with van der Waals surface area (Å²) in [6.45, 7) is 4.21. The monoisotopic (exact) mass is 566 g/mol. The van der Waals surface area contributed by atoms with Gasteiger partial charge in [0.05, 0.1) is 31.1 Å². The van der Waals surface area contributed by atoms with Crippen LogP contribution < -0.4 is 10.6 Å². The van der Waals surface area contributed by atoms with Gasteiger partial charge in [-0.2, -0.15) is 0 Å². The van der Waals surface area contributed by atoms with Crippen LogP contribution in [0, 0.1) is 0 Å². The molecule has 2 aliphatic rings. The molecule has 2 fully saturated rings. The third-order valence-electron chi connectivity index (χ3n) is 7.12. The number of nitrogens with one attached hydrogen (secondary N) is 2. The van der Waals surface area contributed by atoms with E-state index in [0.29, 0.717) is 32.4 Å². The van der Waals surface area contributed by atoms with Crippen LogP contribution in [0.1, 0.15) is 79.0 Å². The van der Waals surface area contributed by atoms with Gasteiger partial charge in [0.25, 0.3) is 11.8 Å². The minimum absolute atomic E-state index is 0.00141. The lowest BCUT2D eigenvalue weighted by Crippen LogP contribution is -2.58. The van der Waals surface area contributed by atoms with Gasteiger partial charge >= 0.3 is 0 Å². The number of aliphatic hydroxyl groups excluding tert-OH is 4. The van der Waals surface area contributed by atoms with Crippen molar-refractivity contribution in [1.29, 1.82) is 0 Å². The summed E-state index contributed by atoms with van der Waals surface area (Å²) in [7, 11) is 0. The Morgan fingerprint density at radius 1 is 0.950 bits per heavy atom. The van der Waals surface area contributed by atoms with Crippen molar-refractivity contribution >= 4 is 11.8 Å². The SMILES string of the molecule is CCCNC(=O)c1cn(C2CCC[C@@H](O[C@@H]3OC(CO)[C@H](O)C(n4cc(C(=O)NCCC)nn4)[C@@H]3O)C2O)nn1. The maximum atomic E-state index is 12.3. The van der Waals surface area contributed by atoms with Crippen molar-refractivity contribution in [3.05, 3.63) is 23.8 Å². The van der Waals surface area contributed by atoms with Crippen molar-refractivity contribution in [2.24, 2.45) is 0 Å². The first kappa shape index (κ1) is 30.0. The van der Waals surface area contributed by atoms with Crippen LogP contribution in [0.2, 0.25) is 0 Å². The largest absolute Gasteiger partial charge is 0.394 e. The van der Waals surface area contributed by atoms with Gasteiger partial charge in [0.2, 0.25) is 0 Å². The lowest BCUT2D eigenvalue weighted by molar-refractivity contribution is -0.309. The smallest absolute Gasteiger partial charge is 0.273 e. The van der Waals surface area contributed by atoms with Crippen LogP contribution in [0.3, 0.4) is 0 Å². The van der Waals surface area contributed by atoms with E-state index in [1.807, 2.05) is 13.8 Å². The highest BCUT2D eigenvalue weighted by Crippen LogP contribution is 2.35. The van der Waals surface area contributed by atoms with Gasteiger partial charge in [0.1, 0.15) is 30.5 Å². The average molecular weight is 567 g/mol. The molecule has 8 atom stereocenters. The molecule has 1 saturated heterocycles. The summed E-state index contributed by atoms with van der Waals surface area (Å²) >= 11 is 0. The van der Waals surface area contributed by atoms with Gasteiger partial charge in [0.15, 0.2) is 17.7 Å². The minimum atomic E-state index is -1.49. The van der Waals surface area contributed by atoms with Crippen LogP contribution in [0.15, 0.2) is 12.4 Å². The molecule has 4 rings (SSSR count). The van der Waals surface area contributed by atoms with Crippen LogP contribution in [-0.4, -0.2) is 119 Å². The molecule has 3 heterocycles. The van der Waals surface area contributed by atoms with Crippen LogP contribution >= 0.6 is 0 Å². The first-order chi connectivity index (χ1) is 19.3. The fraction of sp³-hybridized carbons (Fsp3) is 0.750. The molecular weight excluding hydrogens is 528 g/mol. The molecular formula is C24H38N8O8. The number of nitrogens with zero attached hydrogens (tertiary/aromatic N) is 6. The van der Waals surface area contributed by atoms with E-state index in [1.165, 1.54) is 17.1 Å². The molecule has 2 amide bonds. The fourth-order valence-corrected chi connectivity index (χ4v) is 4.95. The Balaban J connectivity index is 1.47. The van der Waals surface area contributed by atoms with E-state index in [4.69, 9.17) is 9.47 Å². The number of amides is 2. The normalized spacial score (nSPS) is 30.6. The highest BCUT2D eigenvalue weighted by molar-refractivity contribution is 5.92. The number of carbonyl (C=O) groups is 2. The summed E-state index contributed by atoms with van der Waals surface area (Å²) in [5.41, 5.74) is 0.131. The Kier molecular flexibility index (Phi) is 10.2. The van der Waals surface area contributed by atoms with E-state index in [-0.39, 0.29) is 17.3 Å². The zero-order valence-electron chi connectivity index (χ0n) is 22.5. The molecule has 2 aromatic rings. The number of hydrogen-bond donors (Lipinski definition) is 6. The zero-order chi connectivity index (χ0) is 28.8. The van der Waals surface area contributed by atoms with Crippen LogP contribution in [0.5, 0.6) is 0 Å². The van der Waals surface area contributed by atoms with Crippen molar-refractivity contribution in [2.75, 3.05) is 19.7 Å². The lowest BCUT2D eigenvalue weighted by Gasteiger charge is -2.44. The van der Waals surface area contributed by atoms with E-state index in [1.54, 1.807) is 0 Å². The van der Waals surface area contributed by atoms with Gasteiger partial charge in [-0.3, -0.25) is 9.59 Å². The molecule has 4 unspecified atom stereocenters. The predicted molar refractivity (Wildman–Crippen MR) is 136 cm³/mol. The number of rotatable bonds is 11. The zero-order valence-corrected chi connectivity index (χ0v) is 22.5. The van der Waals surface area contributed by atoms with E-state index in [0.717, 1.165) is 17.5 Å². The highest BCUT2D eigenvalue weighted by atomic mass is 16.7. The lowest BCUT2D eigenvalue weighted by atomic mass is 9.89. The van der Waals surface area contributed by atoms with Crippen LogP contribution in [0.4, 0.5) is 0 Å². The number of hydrogen-bond acceptors (Lipinski definition) is 12. The summed E-state index contributed by atoms with van der Waals surface area (Å²) in [4.78, 5) is 24.5. The van der Waals surface area contributed by atoms with Gasteiger partial charge < -0.3 is 40.5 Å². The highest BCUT2D eigenvalue weighted by Gasteiger charge is 2.48. The Labute approximate surface area is 230 Å². The molecule has 2 aromatic heterocycles. The second kappa shape index (κ2) is 13.6. The van der Waals surface area contributed by atoms with Gasteiger partial charge in [-0.25, -0.2) is 9.36 Å². The molecule has 0 spiro atoms. The summed E-state index contributed by atoms with van der Waals surface area (Å²) in [6.07, 6.45) is -1.37. The van der Waals surface area contributed by atoms with Crippen molar-refractivity contribution in [3.63, 3.8) is 0 Å². The minimum Gasteiger partial charge on any atom is -0.394 e. The van der Waals surface area contributed by atoms with Crippen molar-refractivity contribution in [1.82, 2.24) is 40.6 Å². The molecule has 1 saturated carbocycles. The third-order valence-corrected chi connectivity index (χ3v) is 7.12. The van der Waals surface area contributed by atoms with E-state index < -0.39 is 61.4 Å². The Hall–Kier alpha value is -3.02. The molecule has 0 radical (unpaired) electrons. The average Bonchev–Trinajstić information content (AvgIpc) is 3.64. The molecule has 222 valence electrons. The first-order valence-electron chi connectivity index (χ1n) is 13.6. The molecule has 16 heteroatoms. The van der Waals surface area contributed by atoms with Crippen LogP contribution in [0.25, 0.3) is 0 Å². The predicted octanol–water partition coefficient (Wildman–Crippen LogP) is -1.70. The number of carbonyl (C=O) groups excluding carboxylic acids is 2. The fourth-order valence-electron chi connectivity index (χ4n) is 4.95. The van der Waals surface area contributed by atoms with Crippen LogP contribution in [-0.2, 0) is 9.47 Å². The second-order valence-corrected chi connectivity index (χ2v) is 10.0. The maximum Gasteiger partial charge on any atom is 0.273 e. The standard InChI is InChI=1S/C24H38N8O8/c1-3-8-25-22(37)13-10-31(29-27-13)15-6-5-7-16(19(15)34)39-24-21(36)18(20(35)17(12-33)40-24)32-11-14(28-30-32)23(38)26-9-4-2/h10-11,15-21,24,33-36H,3-9,12H2,1-2H3,(H,25,37)(H,26,38)/t15?,16-,17?,18?,19?,20+,21+,24-/m1/s1. The Morgan fingerprint density at radius 3 is 2.15 bits per heavy atom. The van der Waals surface area contributed by atoms with E-state index >= 15 is 0 Å². The Morgan fingerprint density at radius 2 is 1.55 bits per heavy atom. The molecule has 6 N–H and O–H groups in total. The summed E-state index contributed by atoms with van der Waals surface area (Å²) < 4.78 is 14.3. The van der Waals surface area contributed by atoms with Crippen molar-refractivity contribution in [3.8, 4) is 0 Å². The number of ether oxygens (including phenoxy) is 2. The third kappa shape index (κ3) is 6.47. The van der Waals surface area contributed by atoms with Crippen molar-refractivity contribution in [2.45, 2.75) is 94.8 Å². The van der Waals surface area contributed by atoms with Gasteiger partial charge in [0, 0.05) is 13.1 Å². The van der Waals surface area contributed by atoms with E-state index in [9.17, 15) is 30.0 Å². The summed E-state index contributed by atoms with van der Waals surface area (Å²) in [6, 6.07) is -1.71. The first-order valence-corrected chi connectivity index (χ1v) is 13.6. The number of aromatic nitrogens is 6. The summed E-state index contributed by atoms with van der Waals surface area (Å²) in [5, 5.41) is 64.1. The quantitative estimate of drug-likeness (QED) is 0.179. The topological polar surface area (TPSA) is 219 Å².